The Labute approximate surface area is 94.3 Å². The number of hydrogen-bond donors (Lipinski definition) is 2. The molecule has 2 N–H and O–H groups in total. The van der Waals surface area contributed by atoms with Gasteiger partial charge in [0.25, 0.3) is 0 Å². The number of carboxylic acids is 1. The molecule has 3 nitrogen and oxygen atoms in total. The Morgan fingerprint density at radius 3 is 2.81 bits per heavy atom. The third-order valence-electron chi connectivity index (χ3n) is 2.34. The Morgan fingerprint density at radius 2 is 2.25 bits per heavy atom. The molecule has 0 aliphatic heterocycles. The van der Waals surface area contributed by atoms with E-state index in [0.29, 0.717) is 12.1 Å². The summed E-state index contributed by atoms with van der Waals surface area (Å²) in [7, 11) is 0. The SMILES string of the molecule is Cc1cc(NCC(C)CC(=O)O)ccc1F. The fraction of sp³-hybridized carbons (Fsp3) is 0.417. The molecular weight excluding hydrogens is 209 g/mol. The van der Waals surface area contributed by atoms with E-state index in [1.54, 1.807) is 19.1 Å². The number of carbonyl (C=O) groups is 1. The maximum absolute atomic E-state index is 13.0. The quantitative estimate of drug-likeness (QED) is 0.810. The number of aryl methyl sites for hydroxylation is 1. The van der Waals surface area contributed by atoms with Crippen LogP contribution in [0.4, 0.5) is 10.1 Å². The zero-order valence-electron chi connectivity index (χ0n) is 9.46. The molecule has 0 aliphatic rings. The van der Waals surface area contributed by atoms with Crippen LogP contribution in [0.3, 0.4) is 0 Å². The van der Waals surface area contributed by atoms with Crippen molar-refractivity contribution in [1.82, 2.24) is 0 Å². The minimum absolute atomic E-state index is 0.0443. The summed E-state index contributed by atoms with van der Waals surface area (Å²) in [6.45, 7) is 4.12. The first-order valence-corrected chi connectivity index (χ1v) is 5.21. The Balaban J connectivity index is 2.48. The largest absolute Gasteiger partial charge is 0.481 e. The zero-order valence-corrected chi connectivity index (χ0v) is 9.46. The highest BCUT2D eigenvalue weighted by Gasteiger charge is 2.07. The standard InChI is InChI=1S/C12H16FNO2/c1-8(5-12(15)16)7-14-10-3-4-11(13)9(2)6-10/h3-4,6,8,14H,5,7H2,1-2H3,(H,15,16). The zero-order chi connectivity index (χ0) is 12.1. The smallest absolute Gasteiger partial charge is 0.303 e. The monoisotopic (exact) mass is 225 g/mol. The summed E-state index contributed by atoms with van der Waals surface area (Å²) in [6, 6.07) is 4.76. The lowest BCUT2D eigenvalue weighted by Crippen LogP contribution is -2.14. The molecule has 0 bridgehead atoms. The number of carboxylic acid groups (broad SMARTS) is 1. The topological polar surface area (TPSA) is 49.3 Å². The van der Waals surface area contributed by atoms with E-state index in [1.165, 1.54) is 6.07 Å². The Bertz CT molecular complexity index is 379. The lowest BCUT2D eigenvalue weighted by Gasteiger charge is -2.12. The summed E-state index contributed by atoms with van der Waals surface area (Å²) in [5, 5.41) is 11.7. The fourth-order valence-corrected chi connectivity index (χ4v) is 1.42. The fourth-order valence-electron chi connectivity index (χ4n) is 1.42. The molecule has 16 heavy (non-hydrogen) atoms. The first kappa shape index (κ1) is 12.5. The second-order valence-corrected chi connectivity index (χ2v) is 4.05. The molecule has 0 spiro atoms. The van der Waals surface area contributed by atoms with Crippen molar-refractivity contribution in [2.24, 2.45) is 5.92 Å². The van der Waals surface area contributed by atoms with Crippen molar-refractivity contribution in [3.63, 3.8) is 0 Å². The lowest BCUT2D eigenvalue weighted by atomic mass is 10.1. The Morgan fingerprint density at radius 1 is 1.56 bits per heavy atom. The van der Waals surface area contributed by atoms with E-state index in [1.807, 2.05) is 6.92 Å². The number of halogens is 1. The van der Waals surface area contributed by atoms with Crippen LogP contribution in [0.1, 0.15) is 18.9 Å². The van der Waals surface area contributed by atoms with Gasteiger partial charge in [0.2, 0.25) is 0 Å². The number of rotatable bonds is 5. The molecule has 0 saturated carbocycles. The van der Waals surface area contributed by atoms with Crippen LogP contribution >= 0.6 is 0 Å². The van der Waals surface area contributed by atoms with Gasteiger partial charge < -0.3 is 10.4 Å². The van der Waals surface area contributed by atoms with Crippen LogP contribution in [-0.2, 0) is 4.79 Å². The van der Waals surface area contributed by atoms with Gasteiger partial charge >= 0.3 is 5.97 Å². The molecule has 1 rings (SSSR count). The molecule has 0 aromatic heterocycles. The van der Waals surface area contributed by atoms with Gasteiger partial charge in [0.05, 0.1) is 0 Å². The normalized spacial score (nSPS) is 12.2. The third-order valence-corrected chi connectivity index (χ3v) is 2.34. The molecule has 1 aromatic carbocycles. The lowest BCUT2D eigenvalue weighted by molar-refractivity contribution is -0.137. The van der Waals surface area contributed by atoms with Gasteiger partial charge in [0.15, 0.2) is 0 Å². The van der Waals surface area contributed by atoms with Crippen LogP contribution in [0.15, 0.2) is 18.2 Å². The molecule has 1 aromatic rings. The van der Waals surface area contributed by atoms with Gasteiger partial charge in [-0.2, -0.15) is 0 Å². The Kier molecular flexibility index (Phi) is 4.28. The van der Waals surface area contributed by atoms with Gasteiger partial charge in [0.1, 0.15) is 5.82 Å². The number of anilines is 1. The highest BCUT2D eigenvalue weighted by Crippen LogP contribution is 2.14. The summed E-state index contributed by atoms with van der Waals surface area (Å²) in [5.74, 6) is -0.989. The van der Waals surface area contributed by atoms with Gasteiger partial charge in [-0.05, 0) is 36.6 Å². The second-order valence-electron chi connectivity index (χ2n) is 4.05. The van der Waals surface area contributed by atoms with Crippen LogP contribution < -0.4 is 5.32 Å². The molecule has 1 unspecified atom stereocenters. The van der Waals surface area contributed by atoms with Crippen molar-refractivity contribution in [3.8, 4) is 0 Å². The van der Waals surface area contributed by atoms with Gasteiger partial charge in [-0.1, -0.05) is 6.92 Å². The van der Waals surface area contributed by atoms with Crippen LogP contribution in [0.2, 0.25) is 0 Å². The summed E-state index contributed by atoms with van der Waals surface area (Å²) in [6.07, 6.45) is 0.132. The average Bonchev–Trinajstić information content (AvgIpc) is 2.19. The van der Waals surface area contributed by atoms with Gasteiger partial charge in [0, 0.05) is 18.7 Å². The van der Waals surface area contributed by atoms with Crippen molar-refractivity contribution in [2.45, 2.75) is 20.3 Å². The Hall–Kier alpha value is -1.58. The second kappa shape index (κ2) is 5.49. The summed E-state index contributed by atoms with van der Waals surface area (Å²) in [5.41, 5.74) is 1.40. The number of benzene rings is 1. The van der Waals surface area contributed by atoms with Crippen LogP contribution in [0.25, 0.3) is 0 Å². The summed E-state index contributed by atoms with van der Waals surface area (Å²) in [4.78, 5) is 10.4. The van der Waals surface area contributed by atoms with Gasteiger partial charge in [-0.25, -0.2) is 4.39 Å². The van der Waals surface area contributed by atoms with Crippen molar-refractivity contribution >= 4 is 11.7 Å². The molecule has 88 valence electrons. The minimum Gasteiger partial charge on any atom is -0.481 e. The third kappa shape index (κ3) is 3.88. The molecule has 0 saturated heterocycles. The van der Waals surface area contributed by atoms with E-state index >= 15 is 0 Å². The van der Waals surface area contributed by atoms with Crippen molar-refractivity contribution < 1.29 is 14.3 Å². The van der Waals surface area contributed by atoms with Gasteiger partial charge in [-0.3, -0.25) is 4.79 Å². The highest BCUT2D eigenvalue weighted by molar-refractivity contribution is 5.67. The van der Waals surface area contributed by atoms with Crippen molar-refractivity contribution in [3.05, 3.63) is 29.6 Å². The molecule has 1 atom stereocenters. The number of aliphatic carboxylic acids is 1. The molecule has 0 amide bonds. The molecule has 0 fully saturated rings. The van der Waals surface area contributed by atoms with E-state index in [0.717, 1.165) is 5.69 Å². The van der Waals surface area contributed by atoms with E-state index in [9.17, 15) is 9.18 Å². The number of hydrogen-bond acceptors (Lipinski definition) is 2. The van der Waals surface area contributed by atoms with Gasteiger partial charge in [-0.15, -0.1) is 0 Å². The van der Waals surface area contributed by atoms with Crippen molar-refractivity contribution in [1.29, 1.82) is 0 Å². The van der Waals surface area contributed by atoms with E-state index in [2.05, 4.69) is 5.32 Å². The highest BCUT2D eigenvalue weighted by atomic mass is 19.1. The predicted octanol–water partition coefficient (Wildman–Crippen LogP) is 2.66. The maximum Gasteiger partial charge on any atom is 0.303 e. The molecular formula is C12H16FNO2. The van der Waals surface area contributed by atoms with E-state index in [-0.39, 0.29) is 18.2 Å². The number of nitrogens with one attached hydrogen (secondary N) is 1. The first-order chi connectivity index (χ1) is 7.49. The predicted molar refractivity (Wildman–Crippen MR) is 61.0 cm³/mol. The maximum atomic E-state index is 13.0. The minimum atomic E-state index is -0.801. The molecule has 0 radical (unpaired) electrons. The molecule has 0 aliphatic carbocycles. The summed E-state index contributed by atoms with van der Waals surface area (Å²) < 4.78 is 13.0. The summed E-state index contributed by atoms with van der Waals surface area (Å²) >= 11 is 0. The van der Waals surface area contributed by atoms with E-state index < -0.39 is 5.97 Å². The first-order valence-electron chi connectivity index (χ1n) is 5.21. The van der Waals surface area contributed by atoms with Crippen molar-refractivity contribution in [2.75, 3.05) is 11.9 Å². The molecule has 4 heteroatoms. The average molecular weight is 225 g/mol. The van der Waals surface area contributed by atoms with E-state index in [4.69, 9.17) is 5.11 Å². The van der Waals surface area contributed by atoms with Crippen LogP contribution in [0, 0.1) is 18.7 Å². The molecule has 0 heterocycles. The van der Waals surface area contributed by atoms with Crippen LogP contribution in [0.5, 0.6) is 0 Å². The van der Waals surface area contributed by atoms with Crippen LogP contribution in [-0.4, -0.2) is 17.6 Å².